The predicted molar refractivity (Wildman–Crippen MR) is 72.9 cm³/mol. The van der Waals surface area contributed by atoms with Gasteiger partial charge in [-0.15, -0.1) is 0 Å². The first kappa shape index (κ1) is 23.7. The maximum atomic E-state index is 2.39. The lowest BCUT2D eigenvalue weighted by Gasteiger charge is -2.28. The quantitative estimate of drug-likeness (QED) is 0.490. The van der Waals surface area contributed by atoms with E-state index in [0.29, 0.717) is 0 Å². The third-order valence-electron chi connectivity index (χ3n) is 3.00. The second-order valence-corrected chi connectivity index (χ2v) is 4.26. The monoisotopic (exact) mass is 204 g/mol. The van der Waals surface area contributed by atoms with Crippen molar-refractivity contribution in [1.29, 1.82) is 0 Å². The number of hydrogen-bond acceptors (Lipinski definition) is 0. The molecule has 0 nitrogen and oxygen atoms in total. The van der Waals surface area contributed by atoms with Gasteiger partial charge in [0.25, 0.3) is 0 Å². The normalized spacial score (nSPS) is 24.9. The summed E-state index contributed by atoms with van der Waals surface area (Å²) in [6, 6.07) is 0. The van der Waals surface area contributed by atoms with Crippen LogP contribution >= 0.6 is 0 Å². The van der Waals surface area contributed by atoms with Gasteiger partial charge in [-0.1, -0.05) is 63.3 Å². The molecule has 1 fully saturated rings. The highest BCUT2D eigenvalue weighted by Crippen LogP contribution is 2.32. The molecule has 0 aromatic heterocycles. The summed E-state index contributed by atoms with van der Waals surface area (Å²) in [5.74, 6) is 2.97. The molecular weight excluding hydrogens is 168 g/mol. The van der Waals surface area contributed by atoms with Crippen molar-refractivity contribution in [3.63, 3.8) is 0 Å². The molecule has 1 aliphatic carbocycles. The molecule has 0 aromatic rings. The molecule has 0 N–H and O–H groups in total. The van der Waals surface area contributed by atoms with Crippen LogP contribution in [-0.2, 0) is 0 Å². The SMILES string of the molecule is C.C.C.C.CC1CCC(C(C)C)CC1. The molecule has 0 heterocycles. The first-order valence-electron chi connectivity index (χ1n) is 4.70. The summed E-state index contributed by atoms with van der Waals surface area (Å²) in [6.45, 7) is 7.11. The Labute approximate surface area is 94.5 Å². The zero-order valence-corrected chi connectivity index (χ0v) is 7.56. The molecule has 0 amide bonds. The van der Waals surface area contributed by atoms with Crippen molar-refractivity contribution in [3.05, 3.63) is 0 Å². The van der Waals surface area contributed by atoms with E-state index in [1.54, 1.807) is 0 Å². The van der Waals surface area contributed by atoms with Gasteiger partial charge in [-0.3, -0.25) is 0 Å². The van der Waals surface area contributed by atoms with Gasteiger partial charge in [0.15, 0.2) is 0 Å². The van der Waals surface area contributed by atoms with E-state index in [9.17, 15) is 0 Å². The highest BCUT2D eigenvalue weighted by molar-refractivity contribution is 4.71. The average molecular weight is 204 g/mol. The molecule has 0 aromatic carbocycles. The minimum absolute atomic E-state index is 0. The van der Waals surface area contributed by atoms with Crippen LogP contribution in [0, 0.1) is 17.8 Å². The van der Waals surface area contributed by atoms with Crippen LogP contribution in [0.3, 0.4) is 0 Å². The molecule has 0 saturated heterocycles. The van der Waals surface area contributed by atoms with Crippen LogP contribution in [-0.4, -0.2) is 0 Å². The molecule has 1 aliphatic rings. The summed E-state index contributed by atoms with van der Waals surface area (Å²) >= 11 is 0. The maximum Gasteiger partial charge on any atom is -0.0391 e. The second kappa shape index (κ2) is 11.1. The van der Waals surface area contributed by atoms with Crippen LogP contribution in [0.4, 0.5) is 0 Å². The molecule has 92 valence electrons. The fraction of sp³-hybridized carbons (Fsp3) is 1.00. The minimum Gasteiger partial charge on any atom is -0.0776 e. The van der Waals surface area contributed by atoms with Crippen molar-refractivity contribution in [1.82, 2.24) is 0 Å². The lowest BCUT2D eigenvalue weighted by Crippen LogP contribution is -2.16. The average Bonchev–Trinajstić information content (AvgIpc) is 1.88. The van der Waals surface area contributed by atoms with Gasteiger partial charge in [0, 0.05) is 0 Å². The van der Waals surface area contributed by atoms with Gasteiger partial charge in [0.1, 0.15) is 0 Å². The van der Waals surface area contributed by atoms with Crippen molar-refractivity contribution in [2.75, 3.05) is 0 Å². The highest BCUT2D eigenvalue weighted by Gasteiger charge is 2.19. The zero-order valence-electron chi connectivity index (χ0n) is 7.56. The molecule has 0 heteroatoms. The summed E-state index contributed by atoms with van der Waals surface area (Å²) in [5, 5.41) is 0. The third kappa shape index (κ3) is 7.41. The van der Waals surface area contributed by atoms with Crippen molar-refractivity contribution in [2.24, 2.45) is 17.8 Å². The van der Waals surface area contributed by atoms with Gasteiger partial charge in [0.2, 0.25) is 0 Å². The fourth-order valence-electron chi connectivity index (χ4n) is 1.95. The topological polar surface area (TPSA) is 0 Å². The molecule has 0 atom stereocenters. The smallest absolute Gasteiger partial charge is 0.0391 e. The first-order chi connectivity index (χ1) is 4.70. The van der Waals surface area contributed by atoms with E-state index in [4.69, 9.17) is 0 Å². The van der Waals surface area contributed by atoms with Gasteiger partial charge in [-0.05, 0) is 30.6 Å². The van der Waals surface area contributed by atoms with Gasteiger partial charge in [0.05, 0.1) is 0 Å². The van der Waals surface area contributed by atoms with Crippen molar-refractivity contribution < 1.29 is 0 Å². The number of rotatable bonds is 1. The Kier molecular flexibility index (Phi) is 18.7. The van der Waals surface area contributed by atoms with E-state index in [2.05, 4.69) is 20.8 Å². The first-order valence-corrected chi connectivity index (χ1v) is 4.70. The Hall–Kier alpha value is 0. The summed E-state index contributed by atoms with van der Waals surface area (Å²) in [5.41, 5.74) is 0. The van der Waals surface area contributed by atoms with Crippen molar-refractivity contribution in [2.45, 2.75) is 76.2 Å². The highest BCUT2D eigenvalue weighted by atomic mass is 14.3. The zero-order chi connectivity index (χ0) is 7.56. The van der Waals surface area contributed by atoms with Crippen LogP contribution < -0.4 is 0 Å². The second-order valence-electron chi connectivity index (χ2n) is 4.26. The Balaban J connectivity index is -0.000000125. The molecule has 14 heavy (non-hydrogen) atoms. The Bertz CT molecular complexity index is 86.2. The summed E-state index contributed by atoms with van der Waals surface area (Å²) in [7, 11) is 0. The van der Waals surface area contributed by atoms with E-state index in [-0.39, 0.29) is 29.7 Å². The standard InChI is InChI=1S/C10H20.4CH4/c1-8(2)10-6-4-9(3)5-7-10;;;;/h8-10H,4-7H2,1-3H3;4*1H4. The minimum atomic E-state index is 0. The largest absolute Gasteiger partial charge is 0.0776 e. The molecule has 0 spiro atoms. The summed E-state index contributed by atoms with van der Waals surface area (Å²) < 4.78 is 0. The molecule has 1 saturated carbocycles. The van der Waals surface area contributed by atoms with E-state index in [1.165, 1.54) is 25.7 Å². The summed E-state index contributed by atoms with van der Waals surface area (Å²) in [4.78, 5) is 0. The van der Waals surface area contributed by atoms with E-state index in [1.807, 2.05) is 0 Å². The van der Waals surface area contributed by atoms with Gasteiger partial charge < -0.3 is 0 Å². The maximum absolute atomic E-state index is 2.39. The fourth-order valence-corrected chi connectivity index (χ4v) is 1.95. The van der Waals surface area contributed by atoms with Crippen LogP contribution in [0.2, 0.25) is 0 Å². The van der Waals surface area contributed by atoms with E-state index < -0.39 is 0 Å². The molecule has 0 radical (unpaired) electrons. The van der Waals surface area contributed by atoms with Gasteiger partial charge >= 0.3 is 0 Å². The van der Waals surface area contributed by atoms with E-state index in [0.717, 1.165) is 17.8 Å². The molecule has 0 unspecified atom stereocenters. The third-order valence-corrected chi connectivity index (χ3v) is 3.00. The predicted octanol–water partition coefficient (Wildman–Crippen LogP) is 6.01. The summed E-state index contributed by atoms with van der Waals surface area (Å²) in [6.07, 6.45) is 5.92. The van der Waals surface area contributed by atoms with Gasteiger partial charge in [-0.25, -0.2) is 0 Å². The van der Waals surface area contributed by atoms with Crippen LogP contribution in [0.25, 0.3) is 0 Å². The van der Waals surface area contributed by atoms with Gasteiger partial charge in [-0.2, -0.15) is 0 Å². The van der Waals surface area contributed by atoms with Crippen LogP contribution in [0.15, 0.2) is 0 Å². The number of hydrogen-bond donors (Lipinski definition) is 0. The molecule has 1 rings (SSSR count). The van der Waals surface area contributed by atoms with Crippen LogP contribution in [0.5, 0.6) is 0 Å². The Morgan fingerprint density at radius 1 is 0.786 bits per heavy atom. The van der Waals surface area contributed by atoms with Crippen molar-refractivity contribution in [3.8, 4) is 0 Å². The van der Waals surface area contributed by atoms with E-state index >= 15 is 0 Å². The van der Waals surface area contributed by atoms with Crippen molar-refractivity contribution >= 4 is 0 Å². The lowest BCUT2D eigenvalue weighted by atomic mass is 9.78. The lowest BCUT2D eigenvalue weighted by molar-refractivity contribution is 0.234. The Morgan fingerprint density at radius 2 is 1.14 bits per heavy atom. The molecule has 0 aliphatic heterocycles. The molecular formula is C14H36. The van der Waals surface area contributed by atoms with Crippen LogP contribution in [0.1, 0.15) is 76.2 Å². The molecule has 0 bridgehead atoms. The Morgan fingerprint density at radius 3 is 1.43 bits per heavy atom.